The lowest BCUT2D eigenvalue weighted by Gasteiger charge is -2.29. The molecule has 0 saturated carbocycles. The third-order valence-corrected chi connectivity index (χ3v) is 5.14. The molecule has 0 spiro atoms. The van der Waals surface area contributed by atoms with Crippen molar-refractivity contribution in [1.82, 2.24) is 15.5 Å². The molecule has 4 unspecified atom stereocenters. The molecule has 7 N–H and O–H groups in total. The van der Waals surface area contributed by atoms with Crippen LogP contribution in [0.15, 0.2) is 0 Å². The van der Waals surface area contributed by atoms with Crippen molar-refractivity contribution in [1.29, 1.82) is 0 Å². The van der Waals surface area contributed by atoms with Crippen molar-refractivity contribution in [2.75, 3.05) is 13.1 Å². The molecule has 0 aromatic heterocycles. The van der Waals surface area contributed by atoms with Crippen molar-refractivity contribution >= 4 is 23.7 Å². The van der Waals surface area contributed by atoms with Gasteiger partial charge in [-0.2, -0.15) is 0 Å². The van der Waals surface area contributed by atoms with Gasteiger partial charge in [-0.15, -0.1) is 0 Å². The highest BCUT2D eigenvalue weighted by atomic mass is 16.4. The summed E-state index contributed by atoms with van der Waals surface area (Å²) >= 11 is 0. The number of nitrogens with zero attached hydrogens (tertiary/aromatic N) is 1. The Hall–Kier alpha value is -2.20. The number of aliphatic carboxylic acids is 1. The molecule has 1 saturated heterocycles. The Kier molecular flexibility index (Phi) is 10.8. The summed E-state index contributed by atoms with van der Waals surface area (Å²) in [7, 11) is 0. The molecule has 1 heterocycles. The third kappa shape index (κ3) is 7.91. The number of unbranched alkanes of at least 4 members (excludes halogenated alkanes) is 1. The number of hydrogen-bond acceptors (Lipinski definition) is 6. The number of nitrogens with one attached hydrogen (secondary N) is 2. The first kappa shape index (κ1) is 25.8. The first-order valence-corrected chi connectivity index (χ1v) is 10.7. The molecular formula is C20H37N5O5. The van der Waals surface area contributed by atoms with E-state index in [1.165, 1.54) is 11.8 Å². The fourth-order valence-corrected chi connectivity index (χ4v) is 3.52. The van der Waals surface area contributed by atoms with Gasteiger partial charge in [-0.1, -0.05) is 13.8 Å². The van der Waals surface area contributed by atoms with E-state index in [0.29, 0.717) is 51.6 Å². The van der Waals surface area contributed by atoms with Gasteiger partial charge in [0.2, 0.25) is 17.7 Å². The van der Waals surface area contributed by atoms with Crippen molar-refractivity contribution in [2.45, 2.75) is 83.5 Å². The average molecular weight is 428 g/mol. The van der Waals surface area contributed by atoms with Gasteiger partial charge >= 0.3 is 5.97 Å². The van der Waals surface area contributed by atoms with E-state index >= 15 is 0 Å². The zero-order valence-electron chi connectivity index (χ0n) is 18.2. The molecule has 10 nitrogen and oxygen atoms in total. The van der Waals surface area contributed by atoms with Crippen LogP contribution in [-0.2, 0) is 19.2 Å². The lowest BCUT2D eigenvalue weighted by molar-refractivity contribution is -0.149. The standard InChI is InChI=1S/C20H37N5O5/c1-12(2)11-15(19(28)25-10-6-8-16(25)20(29)30)24-18(27)14(7-4-5-9-21)23-17(26)13(3)22/h12-16H,4-11,21-22H2,1-3H3,(H,23,26)(H,24,27)(H,29,30). The van der Waals surface area contributed by atoms with Gasteiger partial charge in [0.25, 0.3) is 0 Å². The van der Waals surface area contributed by atoms with Crippen LogP contribution in [-0.4, -0.2) is 71.0 Å². The fraction of sp³-hybridized carbons (Fsp3) is 0.800. The second-order valence-corrected chi connectivity index (χ2v) is 8.35. The SMILES string of the molecule is CC(C)CC(NC(=O)C(CCCCN)NC(=O)C(C)N)C(=O)N1CCCC1C(=O)O. The maximum absolute atomic E-state index is 13.1. The molecule has 0 aromatic carbocycles. The topological polar surface area (TPSA) is 168 Å². The van der Waals surface area contributed by atoms with E-state index in [9.17, 15) is 24.3 Å². The van der Waals surface area contributed by atoms with E-state index < -0.39 is 47.9 Å². The highest BCUT2D eigenvalue weighted by molar-refractivity contribution is 5.94. The van der Waals surface area contributed by atoms with Crippen LogP contribution in [0.4, 0.5) is 0 Å². The Bertz CT molecular complexity index is 610. The number of carbonyl (C=O) groups excluding carboxylic acids is 3. The summed E-state index contributed by atoms with van der Waals surface area (Å²) < 4.78 is 0. The minimum absolute atomic E-state index is 0.0967. The number of nitrogens with two attached hydrogens (primary N) is 2. The Morgan fingerprint density at radius 2 is 1.70 bits per heavy atom. The van der Waals surface area contributed by atoms with Crippen LogP contribution < -0.4 is 22.1 Å². The van der Waals surface area contributed by atoms with Gasteiger partial charge in [0.1, 0.15) is 18.1 Å². The summed E-state index contributed by atoms with van der Waals surface area (Å²) in [4.78, 5) is 50.8. The van der Waals surface area contributed by atoms with Crippen LogP contribution in [0, 0.1) is 5.92 Å². The summed E-state index contributed by atoms with van der Waals surface area (Å²) in [5, 5.41) is 14.8. The van der Waals surface area contributed by atoms with Gasteiger partial charge in [-0.05, 0) is 57.9 Å². The van der Waals surface area contributed by atoms with Crippen molar-refractivity contribution in [3.63, 3.8) is 0 Å². The minimum Gasteiger partial charge on any atom is -0.480 e. The van der Waals surface area contributed by atoms with Gasteiger partial charge in [-0.3, -0.25) is 14.4 Å². The lowest BCUT2D eigenvalue weighted by Crippen LogP contribution is -2.57. The smallest absolute Gasteiger partial charge is 0.326 e. The summed E-state index contributed by atoms with van der Waals surface area (Å²) in [5.74, 6) is -2.29. The highest BCUT2D eigenvalue weighted by Crippen LogP contribution is 2.20. The van der Waals surface area contributed by atoms with Crippen molar-refractivity contribution in [2.24, 2.45) is 17.4 Å². The van der Waals surface area contributed by atoms with Gasteiger partial charge in [0.15, 0.2) is 0 Å². The Morgan fingerprint density at radius 3 is 2.23 bits per heavy atom. The molecule has 0 bridgehead atoms. The predicted octanol–water partition coefficient (Wildman–Crippen LogP) is -0.446. The van der Waals surface area contributed by atoms with Crippen LogP contribution in [0.5, 0.6) is 0 Å². The quantitative estimate of drug-likeness (QED) is 0.263. The highest BCUT2D eigenvalue weighted by Gasteiger charge is 2.38. The number of carboxylic acids is 1. The van der Waals surface area contributed by atoms with Crippen LogP contribution in [0.3, 0.4) is 0 Å². The first-order valence-electron chi connectivity index (χ1n) is 10.7. The van der Waals surface area contributed by atoms with Crippen LogP contribution in [0.2, 0.25) is 0 Å². The van der Waals surface area contributed by atoms with Crippen LogP contribution in [0.1, 0.15) is 59.3 Å². The van der Waals surface area contributed by atoms with E-state index in [2.05, 4.69) is 10.6 Å². The second-order valence-electron chi connectivity index (χ2n) is 8.35. The molecule has 172 valence electrons. The maximum Gasteiger partial charge on any atom is 0.326 e. The molecule has 3 amide bonds. The lowest BCUT2D eigenvalue weighted by atomic mass is 10.0. The van der Waals surface area contributed by atoms with Crippen molar-refractivity contribution < 1.29 is 24.3 Å². The molecule has 30 heavy (non-hydrogen) atoms. The van der Waals surface area contributed by atoms with Crippen molar-refractivity contribution in [3.05, 3.63) is 0 Å². The molecule has 1 rings (SSSR count). The van der Waals surface area contributed by atoms with Gasteiger partial charge in [-0.25, -0.2) is 4.79 Å². The number of amides is 3. The average Bonchev–Trinajstić information content (AvgIpc) is 3.15. The second kappa shape index (κ2) is 12.5. The molecule has 10 heteroatoms. The molecule has 0 aliphatic carbocycles. The van der Waals surface area contributed by atoms with Gasteiger partial charge in [0, 0.05) is 6.54 Å². The van der Waals surface area contributed by atoms with E-state index in [4.69, 9.17) is 11.5 Å². The molecule has 0 aromatic rings. The molecule has 1 fully saturated rings. The molecule has 0 radical (unpaired) electrons. The van der Waals surface area contributed by atoms with Crippen LogP contribution >= 0.6 is 0 Å². The number of likely N-dealkylation sites (tertiary alicyclic amines) is 1. The zero-order valence-corrected chi connectivity index (χ0v) is 18.2. The summed E-state index contributed by atoms with van der Waals surface area (Å²) in [6.45, 7) is 6.18. The van der Waals surface area contributed by atoms with E-state index in [1.807, 2.05) is 13.8 Å². The van der Waals surface area contributed by atoms with Crippen molar-refractivity contribution in [3.8, 4) is 0 Å². The Morgan fingerprint density at radius 1 is 1.07 bits per heavy atom. The maximum atomic E-state index is 13.1. The molecule has 1 aliphatic heterocycles. The Balaban J connectivity index is 2.95. The Labute approximate surface area is 178 Å². The van der Waals surface area contributed by atoms with Crippen LogP contribution in [0.25, 0.3) is 0 Å². The molecular weight excluding hydrogens is 390 g/mol. The van der Waals surface area contributed by atoms with E-state index in [0.717, 1.165) is 0 Å². The summed E-state index contributed by atoms with van der Waals surface area (Å²) in [6.07, 6.45) is 3.06. The predicted molar refractivity (Wildman–Crippen MR) is 112 cm³/mol. The largest absolute Gasteiger partial charge is 0.480 e. The normalized spacial score (nSPS) is 19.3. The zero-order chi connectivity index (χ0) is 22.8. The summed E-state index contributed by atoms with van der Waals surface area (Å²) in [6, 6.07) is -3.35. The number of carboxylic acid groups (broad SMARTS) is 1. The third-order valence-electron chi connectivity index (χ3n) is 5.14. The first-order chi connectivity index (χ1) is 14.1. The number of carbonyl (C=O) groups is 4. The monoisotopic (exact) mass is 427 g/mol. The molecule has 4 atom stereocenters. The number of hydrogen-bond donors (Lipinski definition) is 5. The minimum atomic E-state index is -1.04. The number of rotatable bonds is 12. The van der Waals surface area contributed by atoms with E-state index in [1.54, 1.807) is 0 Å². The molecule has 1 aliphatic rings. The van der Waals surface area contributed by atoms with Gasteiger partial charge in [0.05, 0.1) is 6.04 Å². The van der Waals surface area contributed by atoms with E-state index in [-0.39, 0.29) is 5.92 Å². The summed E-state index contributed by atoms with van der Waals surface area (Å²) in [5.41, 5.74) is 11.1. The van der Waals surface area contributed by atoms with Gasteiger partial charge < -0.3 is 32.1 Å². The fourth-order valence-electron chi connectivity index (χ4n) is 3.52.